The van der Waals surface area contributed by atoms with Crippen molar-refractivity contribution in [3.63, 3.8) is 0 Å². The third-order valence-corrected chi connectivity index (χ3v) is 2.77. The second-order valence-corrected chi connectivity index (χ2v) is 4.91. The van der Waals surface area contributed by atoms with Gasteiger partial charge in [0.25, 0.3) is 0 Å². The van der Waals surface area contributed by atoms with E-state index in [1.807, 2.05) is 13.8 Å². The third-order valence-electron chi connectivity index (χ3n) is 2.77. The van der Waals surface area contributed by atoms with E-state index in [2.05, 4.69) is 10.6 Å². The molecule has 0 saturated carbocycles. The zero-order valence-corrected chi connectivity index (χ0v) is 11.5. The van der Waals surface area contributed by atoms with Crippen molar-refractivity contribution in [1.29, 1.82) is 0 Å². The van der Waals surface area contributed by atoms with Crippen molar-refractivity contribution >= 4 is 5.91 Å². The molecule has 1 amide bonds. The largest absolute Gasteiger partial charge is 0.379 e. The molecule has 18 heavy (non-hydrogen) atoms. The first-order chi connectivity index (χ1) is 8.68. The maximum absolute atomic E-state index is 11.6. The van der Waals surface area contributed by atoms with E-state index in [0.29, 0.717) is 13.0 Å². The summed E-state index contributed by atoms with van der Waals surface area (Å²) in [5.74, 6) is 0.0998. The van der Waals surface area contributed by atoms with Gasteiger partial charge in [-0.15, -0.1) is 0 Å². The first-order valence-corrected chi connectivity index (χ1v) is 6.88. The van der Waals surface area contributed by atoms with Gasteiger partial charge < -0.3 is 20.1 Å². The average molecular weight is 258 g/mol. The number of amides is 1. The van der Waals surface area contributed by atoms with Crippen LogP contribution in [0.5, 0.6) is 0 Å². The molecule has 0 bridgehead atoms. The second kappa shape index (κ2) is 9.30. The number of morpholine rings is 1. The lowest BCUT2D eigenvalue weighted by atomic mass is 10.2. The summed E-state index contributed by atoms with van der Waals surface area (Å²) in [5, 5.41) is 6.20. The van der Waals surface area contributed by atoms with Gasteiger partial charge in [0.05, 0.1) is 19.3 Å². The van der Waals surface area contributed by atoms with Crippen LogP contribution in [-0.4, -0.2) is 51.0 Å². The Labute approximate surface area is 110 Å². The Bertz CT molecular complexity index is 228. The monoisotopic (exact) mass is 258 g/mol. The first kappa shape index (κ1) is 15.4. The van der Waals surface area contributed by atoms with E-state index in [1.54, 1.807) is 0 Å². The summed E-state index contributed by atoms with van der Waals surface area (Å²) in [4.78, 5) is 11.6. The fraction of sp³-hybridized carbons (Fsp3) is 0.923. The van der Waals surface area contributed by atoms with Gasteiger partial charge in [-0.25, -0.2) is 0 Å². The number of unbranched alkanes of at least 4 members (excludes halogenated alkanes) is 1. The number of carbonyl (C=O) groups is 1. The predicted molar refractivity (Wildman–Crippen MR) is 70.6 cm³/mol. The Morgan fingerprint density at radius 3 is 3.00 bits per heavy atom. The zero-order chi connectivity index (χ0) is 13.2. The number of carbonyl (C=O) groups excluding carboxylic acids is 1. The molecule has 0 spiro atoms. The van der Waals surface area contributed by atoms with Crippen molar-refractivity contribution in [2.45, 2.75) is 45.3 Å². The van der Waals surface area contributed by atoms with Gasteiger partial charge in [-0.3, -0.25) is 4.79 Å². The van der Waals surface area contributed by atoms with Gasteiger partial charge in [0.2, 0.25) is 5.91 Å². The smallest absolute Gasteiger partial charge is 0.221 e. The van der Waals surface area contributed by atoms with Crippen LogP contribution in [-0.2, 0) is 14.3 Å². The van der Waals surface area contributed by atoms with Crippen LogP contribution in [0.4, 0.5) is 0 Å². The van der Waals surface area contributed by atoms with Gasteiger partial charge in [0.15, 0.2) is 0 Å². The zero-order valence-electron chi connectivity index (χ0n) is 11.5. The molecule has 0 radical (unpaired) electrons. The van der Waals surface area contributed by atoms with E-state index >= 15 is 0 Å². The van der Waals surface area contributed by atoms with Crippen molar-refractivity contribution in [1.82, 2.24) is 10.6 Å². The van der Waals surface area contributed by atoms with Gasteiger partial charge >= 0.3 is 0 Å². The van der Waals surface area contributed by atoms with Crippen LogP contribution in [0.1, 0.15) is 33.1 Å². The summed E-state index contributed by atoms with van der Waals surface area (Å²) in [5.41, 5.74) is 0. The average Bonchev–Trinajstić information content (AvgIpc) is 2.34. The van der Waals surface area contributed by atoms with Crippen LogP contribution < -0.4 is 10.6 Å². The molecule has 1 unspecified atom stereocenters. The molecule has 1 saturated heterocycles. The van der Waals surface area contributed by atoms with Gasteiger partial charge in [-0.2, -0.15) is 0 Å². The number of rotatable bonds is 8. The number of hydrogen-bond acceptors (Lipinski definition) is 4. The highest BCUT2D eigenvalue weighted by molar-refractivity contribution is 5.76. The number of ether oxygens (including phenoxy) is 2. The summed E-state index contributed by atoms with van der Waals surface area (Å²) >= 11 is 0. The Morgan fingerprint density at radius 2 is 2.33 bits per heavy atom. The molecule has 0 aromatic rings. The molecule has 1 fully saturated rings. The predicted octanol–water partition coefficient (Wildman–Crippen LogP) is 0.686. The minimum atomic E-state index is 0.0998. The molecule has 1 aliphatic rings. The van der Waals surface area contributed by atoms with Crippen molar-refractivity contribution < 1.29 is 14.3 Å². The molecular weight excluding hydrogens is 232 g/mol. The second-order valence-electron chi connectivity index (χ2n) is 4.91. The van der Waals surface area contributed by atoms with Crippen molar-refractivity contribution in [2.75, 3.05) is 32.9 Å². The van der Waals surface area contributed by atoms with Crippen molar-refractivity contribution in [3.05, 3.63) is 0 Å². The SMILES string of the molecule is CC(C)OCCCCNC(=O)CC1COCCN1. The normalized spacial score (nSPS) is 20.1. The van der Waals surface area contributed by atoms with Crippen LogP contribution in [0.3, 0.4) is 0 Å². The fourth-order valence-electron chi connectivity index (χ4n) is 1.82. The lowest BCUT2D eigenvalue weighted by Crippen LogP contribution is -2.44. The molecule has 106 valence electrons. The maximum atomic E-state index is 11.6. The Balaban J connectivity index is 1.93. The Kier molecular flexibility index (Phi) is 7.96. The van der Waals surface area contributed by atoms with E-state index in [4.69, 9.17) is 9.47 Å². The van der Waals surface area contributed by atoms with Gasteiger partial charge in [-0.05, 0) is 26.7 Å². The summed E-state index contributed by atoms with van der Waals surface area (Å²) in [7, 11) is 0. The van der Waals surface area contributed by atoms with E-state index in [1.165, 1.54) is 0 Å². The molecule has 1 heterocycles. The number of hydrogen-bond donors (Lipinski definition) is 2. The molecule has 0 aliphatic carbocycles. The quantitative estimate of drug-likeness (QED) is 0.629. The minimum absolute atomic E-state index is 0.0998. The van der Waals surface area contributed by atoms with Crippen LogP contribution in [0.15, 0.2) is 0 Å². The molecular formula is C13H26N2O3. The van der Waals surface area contributed by atoms with Crippen LogP contribution in [0.2, 0.25) is 0 Å². The highest BCUT2D eigenvalue weighted by Crippen LogP contribution is 1.98. The Morgan fingerprint density at radius 1 is 1.50 bits per heavy atom. The molecule has 1 atom stereocenters. The standard InChI is InChI=1S/C13H26N2O3/c1-11(2)18-7-4-3-5-15-13(16)9-12-10-17-8-6-14-12/h11-12,14H,3-10H2,1-2H3,(H,15,16). The third kappa shape index (κ3) is 7.63. The first-order valence-electron chi connectivity index (χ1n) is 6.88. The molecule has 1 rings (SSSR count). The van der Waals surface area contributed by atoms with Crippen molar-refractivity contribution in [3.8, 4) is 0 Å². The van der Waals surface area contributed by atoms with E-state index < -0.39 is 0 Å². The van der Waals surface area contributed by atoms with Gasteiger partial charge in [0, 0.05) is 32.2 Å². The number of nitrogens with one attached hydrogen (secondary N) is 2. The van der Waals surface area contributed by atoms with Gasteiger partial charge in [-0.1, -0.05) is 0 Å². The molecule has 0 aromatic carbocycles. The van der Waals surface area contributed by atoms with Crippen molar-refractivity contribution in [2.24, 2.45) is 0 Å². The lowest BCUT2D eigenvalue weighted by Gasteiger charge is -2.23. The van der Waals surface area contributed by atoms with E-state index in [0.717, 1.165) is 39.1 Å². The fourth-order valence-corrected chi connectivity index (χ4v) is 1.82. The summed E-state index contributed by atoms with van der Waals surface area (Å²) in [6.45, 7) is 7.77. The van der Waals surface area contributed by atoms with E-state index in [-0.39, 0.29) is 18.1 Å². The molecule has 5 nitrogen and oxygen atoms in total. The Hall–Kier alpha value is -0.650. The summed E-state index contributed by atoms with van der Waals surface area (Å²) in [6.07, 6.45) is 2.75. The highest BCUT2D eigenvalue weighted by atomic mass is 16.5. The van der Waals surface area contributed by atoms with E-state index in [9.17, 15) is 4.79 Å². The van der Waals surface area contributed by atoms with Gasteiger partial charge in [0.1, 0.15) is 0 Å². The summed E-state index contributed by atoms with van der Waals surface area (Å²) < 4.78 is 10.7. The van der Waals surface area contributed by atoms with Crippen LogP contribution in [0, 0.1) is 0 Å². The molecule has 1 aliphatic heterocycles. The lowest BCUT2D eigenvalue weighted by molar-refractivity contribution is -0.122. The van der Waals surface area contributed by atoms with Crippen LogP contribution >= 0.6 is 0 Å². The maximum Gasteiger partial charge on any atom is 0.221 e. The topological polar surface area (TPSA) is 59.6 Å². The summed E-state index contributed by atoms with van der Waals surface area (Å²) in [6, 6.07) is 0.169. The molecule has 0 aromatic heterocycles. The highest BCUT2D eigenvalue weighted by Gasteiger charge is 2.16. The van der Waals surface area contributed by atoms with Crippen LogP contribution in [0.25, 0.3) is 0 Å². The minimum Gasteiger partial charge on any atom is -0.379 e. The molecule has 2 N–H and O–H groups in total. The molecule has 5 heteroatoms.